The van der Waals surface area contributed by atoms with Crippen LogP contribution < -0.4 is 5.32 Å². The molecule has 0 fully saturated rings. The summed E-state index contributed by atoms with van der Waals surface area (Å²) in [5.74, 6) is 0. The van der Waals surface area contributed by atoms with Crippen molar-refractivity contribution in [2.45, 2.75) is 13.3 Å². The normalized spacial score (nSPS) is 10.4. The molecule has 1 rings (SSSR count). The highest BCUT2D eigenvalue weighted by atomic mass is 19.3. The van der Waals surface area contributed by atoms with E-state index in [1.54, 1.807) is 0 Å². The fourth-order valence-electron chi connectivity index (χ4n) is 1.30. The third kappa shape index (κ3) is 3.47. The fourth-order valence-corrected chi connectivity index (χ4v) is 1.30. The Labute approximate surface area is 96.1 Å². The molecule has 0 aliphatic heterocycles. The second-order valence-electron chi connectivity index (χ2n) is 3.38. The van der Waals surface area contributed by atoms with Crippen molar-refractivity contribution in [3.63, 3.8) is 0 Å². The van der Waals surface area contributed by atoms with Crippen molar-refractivity contribution in [2.75, 3.05) is 11.9 Å². The van der Waals surface area contributed by atoms with Gasteiger partial charge in [-0.2, -0.15) is 0 Å². The van der Waals surface area contributed by atoms with Gasteiger partial charge in [-0.1, -0.05) is 0 Å². The van der Waals surface area contributed by atoms with Gasteiger partial charge in [0.25, 0.3) is 12.1 Å². The first-order valence-electron chi connectivity index (χ1n) is 4.78. The predicted octanol–water partition coefficient (Wildman–Crippen LogP) is 2.66. The van der Waals surface area contributed by atoms with Crippen LogP contribution in [-0.4, -0.2) is 23.6 Å². The number of hydrogen-bond donors (Lipinski definition) is 2. The summed E-state index contributed by atoms with van der Waals surface area (Å²) >= 11 is 0. The molecule has 0 saturated carbocycles. The summed E-state index contributed by atoms with van der Waals surface area (Å²) < 4.78 is 24.1. The minimum absolute atomic E-state index is 0.0745. The summed E-state index contributed by atoms with van der Waals surface area (Å²) in [5.41, 5.74) is 0.447. The predicted molar refractivity (Wildman–Crippen MR) is 60.1 cm³/mol. The molecule has 17 heavy (non-hydrogen) atoms. The van der Waals surface area contributed by atoms with E-state index >= 15 is 0 Å². The van der Waals surface area contributed by atoms with Crippen LogP contribution in [0.2, 0.25) is 0 Å². The number of anilines is 1. The molecule has 1 aromatic rings. The third-order valence-corrected chi connectivity index (χ3v) is 2.06. The largest absolute Gasteiger partial charge is 0.379 e. The van der Waals surface area contributed by atoms with E-state index in [9.17, 15) is 18.9 Å². The number of alkyl halides is 2. The first kappa shape index (κ1) is 13.0. The van der Waals surface area contributed by atoms with Crippen LogP contribution in [0.4, 0.5) is 20.2 Å². The number of non-ortho nitro benzene ring substituents is 1. The Hall–Kier alpha value is -2.05. The maximum absolute atomic E-state index is 12.0. The van der Waals surface area contributed by atoms with Gasteiger partial charge in [-0.05, 0) is 13.0 Å². The zero-order valence-corrected chi connectivity index (χ0v) is 9.04. The molecule has 7 heteroatoms. The lowest BCUT2D eigenvalue weighted by atomic mass is 10.1. The van der Waals surface area contributed by atoms with E-state index in [0.29, 0.717) is 5.69 Å². The van der Waals surface area contributed by atoms with Crippen LogP contribution >= 0.6 is 0 Å². The monoisotopic (exact) mass is 243 g/mol. The second-order valence-corrected chi connectivity index (χ2v) is 3.38. The first-order chi connectivity index (χ1) is 7.91. The van der Waals surface area contributed by atoms with Crippen molar-refractivity contribution >= 4 is 17.1 Å². The van der Waals surface area contributed by atoms with E-state index in [-0.39, 0.29) is 17.0 Å². The van der Waals surface area contributed by atoms with E-state index < -0.39 is 17.9 Å². The molecule has 5 nitrogen and oxygen atoms in total. The number of nitro groups is 1. The molecule has 0 heterocycles. The number of nitrogens with zero attached hydrogens (tertiary/aromatic N) is 1. The van der Waals surface area contributed by atoms with Crippen molar-refractivity contribution < 1.29 is 13.7 Å². The molecule has 92 valence electrons. The van der Waals surface area contributed by atoms with Gasteiger partial charge in [-0.25, -0.2) is 8.78 Å². The van der Waals surface area contributed by atoms with Crippen LogP contribution in [0.3, 0.4) is 0 Å². The highest BCUT2D eigenvalue weighted by molar-refractivity contribution is 6.02. The summed E-state index contributed by atoms with van der Waals surface area (Å²) in [7, 11) is 0. The second kappa shape index (κ2) is 5.33. The van der Waals surface area contributed by atoms with Crippen LogP contribution in [0.1, 0.15) is 12.5 Å². The maximum Gasteiger partial charge on any atom is 0.270 e. The Balaban J connectivity index is 3.04. The van der Waals surface area contributed by atoms with E-state index in [1.165, 1.54) is 25.1 Å². The van der Waals surface area contributed by atoms with Crippen molar-refractivity contribution in [3.05, 3.63) is 33.9 Å². The van der Waals surface area contributed by atoms with E-state index in [2.05, 4.69) is 5.32 Å². The van der Waals surface area contributed by atoms with Crippen molar-refractivity contribution in [3.8, 4) is 0 Å². The smallest absolute Gasteiger partial charge is 0.270 e. The molecule has 1 aromatic carbocycles. The molecule has 0 saturated heterocycles. The number of benzene rings is 1. The quantitative estimate of drug-likeness (QED) is 0.474. The van der Waals surface area contributed by atoms with E-state index in [4.69, 9.17) is 5.41 Å². The Morgan fingerprint density at radius 3 is 2.71 bits per heavy atom. The number of nitrogens with one attached hydrogen (secondary N) is 2. The summed E-state index contributed by atoms with van der Waals surface area (Å²) in [6.07, 6.45) is -2.52. The molecule has 0 atom stereocenters. The minimum atomic E-state index is -2.52. The Morgan fingerprint density at radius 1 is 1.59 bits per heavy atom. The van der Waals surface area contributed by atoms with Gasteiger partial charge in [0.2, 0.25) is 0 Å². The van der Waals surface area contributed by atoms with Gasteiger partial charge >= 0.3 is 0 Å². The fraction of sp³-hybridized carbons (Fsp3) is 0.300. The Morgan fingerprint density at radius 2 is 2.24 bits per heavy atom. The molecule has 0 radical (unpaired) electrons. The lowest BCUT2D eigenvalue weighted by molar-refractivity contribution is -0.384. The first-order valence-corrected chi connectivity index (χ1v) is 4.78. The lowest BCUT2D eigenvalue weighted by Gasteiger charge is -2.10. The highest BCUT2D eigenvalue weighted by Crippen LogP contribution is 2.22. The third-order valence-electron chi connectivity index (χ3n) is 2.06. The van der Waals surface area contributed by atoms with E-state index in [0.717, 1.165) is 0 Å². The van der Waals surface area contributed by atoms with Gasteiger partial charge in [-0.3, -0.25) is 10.1 Å². The molecule has 0 unspecified atom stereocenters. The molecule has 2 N–H and O–H groups in total. The average molecular weight is 243 g/mol. The van der Waals surface area contributed by atoms with Crippen molar-refractivity contribution in [1.29, 1.82) is 5.41 Å². The summed E-state index contributed by atoms with van der Waals surface area (Å²) in [5, 5.41) is 20.4. The topological polar surface area (TPSA) is 79.0 Å². The SMILES string of the molecule is CC(=N)c1cc([N+](=O)[O-])ccc1NCC(F)F. The lowest BCUT2D eigenvalue weighted by Crippen LogP contribution is -2.12. The van der Waals surface area contributed by atoms with Crippen LogP contribution in [0.15, 0.2) is 18.2 Å². The van der Waals surface area contributed by atoms with Crippen molar-refractivity contribution in [1.82, 2.24) is 0 Å². The molecular formula is C10H11F2N3O2. The number of rotatable bonds is 5. The van der Waals surface area contributed by atoms with Gasteiger partial charge in [0.05, 0.1) is 11.5 Å². The zero-order valence-electron chi connectivity index (χ0n) is 9.04. The maximum atomic E-state index is 12.0. The Kier molecular flexibility index (Phi) is 4.08. The van der Waals surface area contributed by atoms with Crippen LogP contribution in [-0.2, 0) is 0 Å². The minimum Gasteiger partial charge on any atom is -0.379 e. The highest BCUT2D eigenvalue weighted by Gasteiger charge is 2.13. The summed E-state index contributed by atoms with van der Waals surface area (Å²) in [6, 6.07) is 3.73. The van der Waals surface area contributed by atoms with E-state index in [1.807, 2.05) is 0 Å². The standard InChI is InChI=1S/C10H11F2N3O2/c1-6(13)8-4-7(15(16)17)2-3-9(8)14-5-10(11)12/h2-4,10,13-14H,5H2,1H3. The van der Waals surface area contributed by atoms with Gasteiger partial charge in [-0.15, -0.1) is 0 Å². The molecule has 0 spiro atoms. The molecule has 0 amide bonds. The van der Waals surface area contributed by atoms with Crippen molar-refractivity contribution in [2.24, 2.45) is 0 Å². The van der Waals surface area contributed by atoms with Gasteiger partial charge in [0, 0.05) is 29.1 Å². The van der Waals surface area contributed by atoms with Gasteiger partial charge in [0.15, 0.2) is 0 Å². The molecular weight excluding hydrogens is 232 g/mol. The Bertz CT molecular complexity index is 449. The average Bonchev–Trinajstić information content (AvgIpc) is 2.25. The zero-order chi connectivity index (χ0) is 13.0. The summed E-state index contributed by atoms with van der Waals surface area (Å²) in [4.78, 5) is 9.95. The molecule has 0 aliphatic rings. The van der Waals surface area contributed by atoms with Crippen LogP contribution in [0.25, 0.3) is 0 Å². The summed E-state index contributed by atoms with van der Waals surface area (Å²) in [6.45, 7) is 0.880. The molecule has 0 aromatic heterocycles. The van der Waals surface area contributed by atoms with Gasteiger partial charge < -0.3 is 10.7 Å². The molecule has 0 aliphatic carbocycles. The number of halogens is 2. The number of hydrogen-bond acceptors (Lipinski definition) is 4. The van der Waals surface area contributed by atoms with Crippen LogP contribution in [0.5, 0.6) is 0 Å². The van der Waals surface area contributed by atoms with Crippen LogP contribution in [0, 0.1) is 15.5 Å². The number of nitro benzene ring substituents is 1. The van der Waals surface area contributed by atoms with Gasteiger partial charge in [0.1, 0.15) is 0 Å². The molecule has 0 bridgehead atoms.